The quantitative estimate of drug-likeness (QED) is 0.876. The van der Waals surface area contributed by atoms with Crippen molar-refractivity contribution >= 4 is 29.4 Å². The summed E-state index contributed by atoms with van der Waals surface area (Å²) < 4.78 is 0.551. The second-order valence-corrected chi connectivity index (χ2v) is 8.90. The highest BCUT2D eigenvalue weighted by molar-refractivity contribution is 8.19. The molecule has 3 rings (SSSR count). The summed E-state index contributed by atoms with van der Waals surface area (Å²) in [6, 6.07) is 8.75. The van der Waals surface area contributed by atoms with Crippen molar-refractivity contribution in [1.82, 2.24) is 10.2 Å². The average molecular weight is 351 g/mol. The SMILES string of the molecule is CCCN(C(=O)c1ccc(C2SCCS2)cc1)C1CCNCC1. The molecule has 2 heterocycles. The zero-order valence-electron chi connectivity index (χ0n) is 13.8. The van der Waals surface area contributed by atoms with Crippen LogP contribution in [0, 0.1) is 0 Å². The zero-order chi connectivity index (χ0) is 16.1. The van der Waals surface area contributed by atoms with Gasteiger partial charge in [0.05, 0.1) is 4.58 Å². The number of carbonyl (C=O) groups is 1. The van der Waals surface area contributed by atoms with Gasteiger partial charge in [-0.2, -0.15) is 0 Å². The van der Waals surface area contributed by atoms with Crippen molar-refractivity contribution in [2.24, 2.45) is 0 Å². The van der Waals surface area contributed by atoms with Crippen LogP contribution in [0.3, 0.4) is 0 Å². The topological polar surface area (TPSA) is 32.3 Å². The molecule has 0 aromatic heterocycles. The Morgan fingerprint density at radius 3 is 2.43 bits per heavy atom. The standard InChI is InChI=1S/C18H26N2OS2/c1-2-11-20(16-7-9-19-10-8-16)17(21)14-3-5-15(6-4-14)18-22-12-13-23-18/h3-6,16,18-19H,2,7-13H2,1H3. The largest absolute Gasteiger partial charge is 0.336 e. The summed E-state index contributed by atoms with van der Waals surface area (Å²) in [5.41, 5.74) is 2.19. The molecule has 126 valence electrons. The molecule has 23 heavy (non-hydrogen) atoms. The molecular weight excluding hydrogens is 324 g/mol. The van der Waals surface area contributed by atoms with Crippen molar-refractivity contribution in [3.05, 3.63) is 35.4 Å². The third kappa shape index (κ3) is 4.25. The number of carbonyl (C=O) groups excluding carboxylic acids is 1. The van der Waals surface area contributed by atoms with E-state index in [1.54, 1.807) is 0 Å². The predicted octanol–water partition coefficient (Wildman–Crippen LogP) is 3.77. The zero-order valence-corrected chi connectivity index (χ0v) is 15.4. The molecule has 2 aliphatic rings. The molecule has 5 heteroatoms. The van der Waals surface area contributed by atoms with Crippen molar-refractivity contribution < 1.29 is 4.79 Å². The van der Waals surface area contributed by atoms with Crippen molar-refractivity contribution in [2.45, 2.75) is 36.8 Å². The molecule has 1 aromatic carbocycles. The van der Waals surface area contributed by atoms with Gasteiger partial charge in [-0.25, -0.2) is 0 Å². The Balaban J connectivity index is 1.71. The number of hydrogen-bond donors (Lipinski definition) is 1. The molecule has 1 N–H and O–H groups in total. The highest BCUT2D eigenvalue weighted by Gasteiger charge is 2.26. The second kappa shape index (κ2) is 8.45. The summed E-state index contributed by atoms with van der Waals surface area (Å²) in [4.78, 5) is 15.1. The lowest BCUT2D eigenvalue weighted by Crippen LogP contribution is -2.46. The van der Waals surface area contributed by atoms with Gasteiger partial charge in [0.2, 0.25) is 0 Å². The molecule has 2 fully saturated rings. The van der Waals surface area contributed by atoms with Crippen molar-refractivity contribution in [2.75, 3.05) is 31.1 Å². The molecule has 1 amide bonds. The van der Waals surface area contributed by atoms with Gasteiger partial charge >= 0.3 is 0 Å². The number of nitrogens with one attached hydrogen (secondary N) is 1. The summed E-state index contributed by atoms with van der Waals surface area (Å²) in [7, 11) is 0. The molecule has 0 aliphatic carbocycles. The lowest BCUT2D eigenvalue weighted by molar-refractivity contribution is 0.0642. The summed E-state index contributed by atoms with van der Waals surface area (Å²) in [5.74, 6) is 2.67. The van der Waals surface area contributed by atoms with Crippen molar-refractivity contribution in [3.8, 4) is 0 Å². The molecule has 2 aliphatic heterocycles. The highest BCUT2D eigenvalue weighted by Crippen LogP contribution is 2.45. The van der Waals surface area contributed by atoms with Crippen LogP contribution in [0.4, 0.5) is 0 Å². The molecule has 1 aromatic rings. The van der Waals surface area contributed by atoms with Gasteiger partial charge in [0.15, 0.2) is 0 Å². The molecule has 0 bridgehead atoms. The maximum Gasteiger partial charge on any atom is 0.254 e. The molecule has 0 saturated carbocycles. The Morgan fingerprint density at radius 2 is 1.83 bits per heavy atom. The number of thioether (sulfide) groups is 2. The Bertz CT molecular complexity index is 508. The smallest absolute Gasteiger partial charge is 0.254 e. The van der Waals surface area contributed by atoms with Crippen LogP contribution in [0.1, 0.15) is 46.7 Å². The van der Waals surface area contributed by atoms with Crippen LogP contribution in [-0.4, -0.2) is 48.0 Å². The van der Waals surface area contributed by atoms with Gasteiger partial charge in [0.25, 0.3) is 5.91 Å². The van der Waals surface area contributed by atoms with E-state index in [0.29, 0.717) is 10.6 Å². The normalized spacial score (nSPS) is 19.9. The molecular formula is C18H26N2OS2. The number of nitrogens with zero attached hydrogens (tertiary/aromatic N) is 1. The van der Waals surface area contributed by atoms with Crippen LogP contribution in [-0.2, 0) is 0 Å². The fraction of sp³-hybridized carbons (Fsp3) is 0.611. The van der Waals surface area contributed by atoms with E-state index in [1.807, 2.05) is 35.7 Å². The van der Waals surface area contributed by atoms with Crippen LogP contribution in [0.25, 0.3) is 0 Å². The van der Waals surface area contributed by atoms with Gasteiger partial charge in [-0.05, 0) is 50.0 Å². The van der Waals surface area contributed by atoms with Crippen LogP contribution in [0.2, 0.25) is 0 Å². The minimum Gasteiger partial charge on any atom is -0.336 e. The van der Waals surface area contributed by atoms with Crippen molar-refractivity contribution in [1.29, 1.82) is 0 Å². The number of amides is 1. The Labute approximate surface area is 148 Å². The first-order valence-electron chi connectivity index (χ1n) is 8.64. The molecule has 0 radical (unpaired) electrons. The number of rotatable bonds is 5. The van der Waals surface area contributed by atoms with Crippen molar-refractivity contribution in [3.63, 3.8) is 0 Å². The highest BCUT2D eigenvalue weighted by atomic mass is 32.2. The first-order chi connectivity index (χ1) is 11.3. The summed E-state index contributed by atoms with van der Waals surface area (Å²) >= 11 is 4.02. The Hall–Kier alpha value is -0.650. The van der Waals surface area contributed by atoms with E-state index in [9.17, 15) is 4.79 Å². The Morgan fingerprint density at radius 1 is 1.17 bits per heavy atom. The number of hydrogen-bond acceptors (Lipinski definition) is 4. The minimum absolute atomic E-state index is 0.206. The van der Waals surface area contributed by atoms with E-state index in [2.05, 4.69) is 29.3 Å². The molecule has 2 saturated heterocycles. The Kier molecular flexibility index (Phi) is 6.31. The van der Waals surface area contributed by atoms with Crippen LogP contribution in [0.15, 0.2) is 24.3 Å². The molecule has 0 atom stereocenters. The summed E-state index contributed by atoms with van der Waals surface area (Å²) in [5, 5.41) is 3.39. The molecule has 3 nitrogen and oxygen atoms in total. The maximum atomic E-state index is 13.0. The lowest BCUT2D eigenvalue weighted by atomic mass is 10.0. The van der Waals surface area contributed by atoms with E-state index in [0.717, 1.165) is 44.5 Å². The first-order valence-corrected chi connectivity index (χ1v) is 10.7. The van der Waals surface area contributed by atoms with E-state index >= 15 is 0 Å². The van der Waals surface area contributed by atoms with Gasteiger partial charge in [-0.1, -0.05) is 19.1 Å². The third-order valence-corrected chi connectivity index (χ3v) is 7.63. The second-order valence-electron chi connectivity index (χ2n) is 6.18. The van der Waals surface area contributed by atoms with Gasteiger partial charge < -0.3 is 10.2 Å². The van der Waals surface area contributed by atoms with E-state index in [4.69, 9.17) is 0 Å². The lowest BCUT2D eigenvalue weighted by Gasteiger charge is -2.34. The fourth-order valence-electron chi connectivity index (χ4n) is 3.31. The van der Waals surface area contributed by atoms with Crippen LogP contribution < -0.4 is 5.32 Å². The van der Waals surface area contributed by atoms with Gasteiger partial charge in [-0.15, -0.1) is 23.5 Å². The fourth-order valence-corrected chi connectivity index (χ4v) is 6.17. The van der Waals surface area contributed by atoms with Gasteiger partial charge in [0.1, 0.15) is 0 Å². The number of benzene rings is 1. The van der Waals surface area contributed by atoms with E-state index in [1.165, 1.54) is 17.1 Å². The molecule has 0 spiro atoms. The average Bonchev–Trinajstić information content (AvgIpc) is 3.15. The summed E-state index contributed by atoms with van der Waals surface area (Å²) in [6.07, 6.45) is 3.15. The van der Waals surface area contributed by atoms with Crippen LogP contribution >= 0.6 is 23.5 Å². The van der Waals surface area contributed by atoms with Gasteiger partial charge in [0, 0.05) is 29.7 Å². The van der Waals surface area contributed by atoms with E-state index in [-0.39, 0.29) is 5.91 Å². The minimum atomic E-state index is 0.206. The monoisotopic (exact) mass is 350 g/mol. The third-order valence-electron chi connectivity index (χ3n) is 4.53. The van der Waals surface area contributed by atoms with Crippen LogP contribution in [0.5, 0.6) is 0 Å². The summed E-state index contributed by atoms with van der Waals surface area (Å²) in [6.45, 7) is 5.05. The molecule has 0 unspecified atom stereocenters. The maximum absolute atomic E-state index is 13.0. The van der Waals surface area contributed by atoms with Gasteiger partial charge in [-0.3, -0.25) is 4.79 Å². The predicted molar refractivity (Wildman–Crippen MR) is 101 cm³/mol. The number of piperidine rings is 1. The first kappa shape index (κ1) is 17.2. The van der Waals surface area contributed by atoms with E-state index < -0.39 is 0 Å².